The van der Waals surface area contributed by atoms with Gasteiger partial charge in [0.1, 0.15) is 11.9 Å². The number of anilines is 1. The normalized spacial score (nSPS) is 16.8. The summed E-state index contributed by atoms with van der Waals surface area (Å²) in [6.45, 7) is 3.35. The second-order valence-electron chi connectivity index (χ2n) is 6.76. The maximum atomic E-state index is 14.0. The van der Waals surface area contributed by atoms with Gasteiger partial charge in [-0.05, 0) is 38.7 Å². The summed E-state index contributed by atoms with van der Waals surface area (Å²) >= 11 is 0. The summed E-state index contributed by atoms with van der Waals surface area (Å²) in [5.41, 5.74) is -1.43. The highest BCUT2D eigenvalue weighted by atomic mass is 19.4. The topological polar surface area (TPSA) is 79.8 Å². The van der Waals surface area contributed by atoms with E-state index in [1.165, 1.54) is 6.07 Å². The maximum absolute atomic E-state index is 14.0. The van der Waals surface area contributed by atoms with E-state index in [1.807, 2.05) is 0 Å². The van der Waals surface area contributed by atoms with Crippen LogP contribution in [0.4, 0.5) is 23.5 Å². The van der Waals surface area contributed by atoms with Gasteiger partial charge >= 0.3 is 17.6 Å². The van der Waals surface area contributed by atoms with Crippen LogP contribution in [-0.4, -0.2) is 20.7 Å². The lowest BCUT2D eigenvalue weighted by Gasteiger charge is -2.21. The first-order valence-corrected chi connectivity index (χ1v) is 8.40. The average Bonchev–Trinajstić information content (AvgIpc) is 3.36. The Labute approximate surface area is 151 Å². The van der Waals surface area contributed by atoms with Gasteiger partial charge in [-0.3, -0.25) is 4.98 Å². The van der Waals surface area contributed by atoms with Gasteiger partial charge in [-0.25, -0.2) is 18.5 Å². The van der Waals surface area contributed by atoms with Crippen LogP contribution in [-0.2, 0) is 0 Å². The van der Waals surface area contributed by atoms with Crippen molar-refractivity contribution < 1.29 is 17.6 Å². The number of nitrogens with zero attached hydrogens (tertiary/aromatic N) is 2. The van der Waals surface area contributed by atoms with Crippen LogP contribution in [0, 0.1) is 18.7 Å². The van der Waals surface area contributed by atoms with Gasteiger partial charge in [0.25, 0.3) is 0 Å². The van der Waals surface area contributed by atoms with E-state index in [9.17, 15) is 27.2 Å². The first-order valence-electron chi connectivity index (χ1n) is 8.40. The van der Waals surface area contributed by atoms with E-state index in [0.29, 0.717) is 12.8 Å². The molecule has 1 saturated carbocycles. The minimum absolute atomic E-state index is 0.112. The van der Waals surface area contributed by atoms with E-state index < -0.39 is 41.4 Å². The van der Waals surface area contributed by atoms with Crippen LogP contribution >= 0.6 is 0 Å². The molecule has 0 spiro atoms. The number of halogens is 4. The van der Waals surface area contributed by atoms with Crippen LogP contribution in [0.15, 0.2) is 27.8 Å². The molecule has 10 heteroatoms. The van der Waals surface area contributed by atoms with Crippen LogP contribution in [0.25, 0.3) is 0 Å². The van der Waals surface area contributed by atoms with Gasteiger partial charge in [-0.1, -0.05) is 17.7 Å². The van der Waals surface area contributed by atoms with Gasteiger partial charge in [0.05, 0.1) is 6.04 Å². The lowest BCUT2D eigenvalue weighted by molar-refractivity contribution is -0.175. The van der Waals surface area contributed by atoms with Crippen molar-refractivity contribution in [2.45, 2.75) is 44.9 Å². The molecule has 27 heavy (non-hydrogen) atoms. The van der Waals surface area contributed by atoms with Crippen molar-refractivity contribution in [3.05, 3.63) is 56.1 Å². The number of aryl methyl sites for hydroxylation is 1. The quantitative estimate of drug-likeness (QED) is 0.774. The molecule has 146 valence electrons. The molecular weight excluding hydrogens is 368 g/mol. The number of benzene rings is 1. The number of aromatic nitrogens is 3. The first kappa shape index (κ1) is 19.1. The predicted molar refractivity (Wildman–Crippen MR) is 90.1 cm³/mol. The Hall–Kier alpha value is -2.65. The van der Waals surface area contributed by atoms with Gasteiger partial charge < -0.3 is 5.32 Å². The molecule has 0 amide bonds. The Morgan fingerprint density at radius 3 is 2.52 bits per heavy atom. The fourth-order valence-electron chi connectivity index (χ4n) is 3.05. The van der Waals surface area contributed by atoms with E-state index in [-0.39, 0.29) is 16.1 Å². The molecule has 1 fully saturated rings. The predicted octanol–water partition coefficient (Wildman–Crippen LogP) is 3.07. The van der Waals surface area contributed by atoms with Crippen LogP contribution in [0.2, 0.25) is 0 Å². The highest BCUT2D eigenvalue weighted by Crippen LogP contribution is 2.47. The number of hydrogen-bond acceptors (Lipinski definition) is 4. The van der Waals surface area contributed by atoms with Crippen molar-refractivity contribution in [3.63, 3.8) is 0 Å². The molecule has 1 aromatic heterocycles. The van der Waals surface area contributed by atoms with Crippen molar-refractivity contribution in [3.8, 4) is 0 Å². The molecule has 0 radical (unpaired) electrons. The SMILES string of the molecule is Cc1ccc(F)c([C@H](C)Nc2nc(=O)n(C(C3CC3)C(F)(F)F)c(=O)[nH]2)c1. The van der Waals surface area contributed by atoms with Crippen molar-refractivity contribution in [1.82, 2.24) is 14.5 Å². The minimum atomic E-state index is -4.73. The maximum Gasteiger partial charge on any atom is 0.409 e. The Balaban J connectivity index is 1.92. The molecule has 3 rings (SSSR count). The molecule has 1 heterocycles. The van der Waals surface area contributed by atoms with Gasteiger partial charge in [-0.2, -0.15) is 18.2 Å². The highest BCUT2D eigenvalue weighted by molar-refractivity contribution is 5.33. The third-order valence-corrected chi connectivity index (χ3v) is 4.51. The second kappa shape index (κ2) is 6.82. The molecule has 0 aliphatic heterocycles. The highest BCUT2D eigenvalue weighted by Gasteiger charge is 2.51. The van der Waals surface area contributed by atoms with Gasteiger partial charge in [0.2, 0.25) is 5.95 Å². The lowest BCUT2D eigenvalue weighted by Crippen LogP contribution is -2.46. The largest absolute Gasteiger partial charge is 0.409 e. The zero-order valence-electron chi connectivity index (χ0n) is 14.6. The number of aromatic amines is 1. The summed E-state index contributed by atoms with van der Waals surface area (Å²) < 4.78 is 53.9. The van der Waals surface area contributed by atoms with E-state index in [2.05, 4.69) is 15.3 Å². The van der Waals surface area contributed by atoms with Crippen LogP contribution in [0.1, 0.15) is 43.0 Å². The fraction of sp³-hybridized carbons (Fsp3) is 0.471. The van der Waals surface area contributed by atoms with E-state index in [0.717, 1.165) is 5.56 Å². The van der Waals surface area contributed by atoms with Crippen molar-refractivity contribution in [2.75, 3.05) is 5.32 Å². The number of H-pyrrole nitrogens is 1. The molecule has 0 saturated heterocycles. The molecule has 2 aromatic rings. The van der Waals surface area contributed by atoms with E-state index in [1.54, 1.807) is 26.0 Å². The van der Waals surface area contributed by atoms with Gasteiger partial charge in [0.15, 0.2) is 0 Å². The van der Waals surface area contributed by atoms with Crippen molar-refractivity contribution in [1.29, 1.82) is 0 Å². The molecule has 1 aliphatic carbocycles. The Morgan fingerprint density at radius 2 is 1.96 bits per heavy atom. The zero-order valence-corrected chi connectivity index (χ0v) is 14.6. The number of rotatable bonds is 5. The Bertz CT molecular complexity index is 931. The van der Waals surface area contributed by atoms with Gasteiger partial charge in [0, 0.05) is 5.56 Å². The van der Waals surface area contributed by atoms with Crippen LogP contribution in [0.5, 0.6) is 0 Å². The molecule has 2 N–H and O–H groups in total. The van der Waals surface area contributed by atoms with Crippen molar-refractivity contribution in [2.24, 2.45) is 5.92 Å². The van der Waals surface area contributed by atoms with E-state index in [4.69, 9.17) is 0 Å². The Morgan fingerprint density at radius 1 is 1.30 bits per heavy atom. The van der Waals surface area contributed by atoms with Crippen molar-refractivity contribution >= 4 is 5.95 Å². The minimum Gasteiger partial charge on any atom is -0.349 e. The second-order valence-corrected chi connectivity index (χ2v) is 6.76. The molecule has 1 aliphatic rings. The monoisotopic (exact) mass is 386 g/mol. The summed E-state index contributed by atoms with van der Waals surface area (Å²) in [5, 5.41) is 2.66. The smallest absolute Gasteiger partial charge is 0.349 e. The zero-order chi connectivity index (χ0) is 19.9. The molecule has 1 unspecified atom stereocenters. The van der Waals surface area contributed by atoms with Gasteiger partial charge in [-0.15, -0.1) is 0 Å². The molecule has 6 nitrogen and oxygen atoms in total. The third kappa shape index (κ3) is 4.04. The Kier molecular flexibility index (Phi) is 4.83. The summed E-state index contributed by atoms with van der Waals surface area (Å²) in [5.74, 6) is -1.61. The fourth-order valence-corrected chi connectivity index (χ4v) is 3.05. The molecule has 1 aromatic carbocycles. The lowest BCUT2D eigenvalue weighted by atomic mass is 10.1. The standard InChI is InChI=1S/C17H18F4N4O2/c1-8-3-6-12(18)11(7-8)9(2)22-14-23-15(26)25(16(27)24-14)13(10-4-5-10)17(19,20)21/h3,6-7,9-10,13H,4-5H2,1-2H3,(H2,22,23,24,26,27)/t9-,13?/m0/s1. The number of alkyl halides is 3. The number of nitrogens with one attached hydrogen (secondary N) is 2. The summed E-state index contributed by atoms with van der Waals surface area (Å²) in [6.07, 6.45) is -4.15. The van der Waals surface area contributed by atoms with E-state index >= 15 is 0 Å². The summed E-state index contributed by atoms with van der Waals surface area (Å²) in [7, 11) is 0. The first-order chi connectivity index (χ1) is 12.6. The average molecular weight is 386 g/mol. The molecular formula is C17H18F4N4O2. The number of hydrogen-bond donors (Lipinski definition) is 2. The molecule has 0 bridgehead atoms. The van der Waals surface area contributed by atoms with Crippen LogP contribution in [0.3, 0.4) is 0 Å². The summed E-state index contributed by atoms with van der Waals surface area (Å²) in [4.78, 5) is 30.0. The third-order valence-electron chi connectivity index (χ3n) is 4.51. The summed E-state index contributed by atoms with van der Waals surface area (Å²) in [6, 6.07) is 1.58. The molecule has 2 atom stereocenters. The van der Waals surface area contributed by atoms with Crippen LogP contribution < -0.4 is 16.7 Å².